The van der Waals surface area contributed by atoms with Gasteiger partial charge in [-0.3, -0.25) is 14.9 Å². The number of carbonyl (C=O) groups excluding carboxylic acids is 2. The predicted octanol–water partition coefficient (Wildman–Crippen LogP) is 2.38. The first-order chi connectivity index (χ1) is 9.74. The van der Waals surface area contributed by atoms with Gasteiger partial charge in [0, 0.05) is 19.5 Å². The third-order valence-corrected chi connectivity index (χ3v) is 4.12. The number of carboxylic acids is 1. The molecule has 0 saturated heterocycles. The van der Waals surface area contributed by atoms with Crippen LogP contribution in [0.1, 0.15) is 58.8 Å². The minimum atomic E-state index is -1.18. The quantitative estimate of drug-likeness (QED) is 0.780. The van der Waals surface area contributed by atoms with Gasteiger partial charge < -0.3 is 10.0 Å². The first kappa shape index (κ1) is 17.5. The minimum absolute atomic E-state index is 0.160. The van der Waals surface area contributed by atoms with Gasteiger partial charge in [-0.05, 0) is 26.7 Å². The lowest BCUT2D eigenvalue weighted by molar-refractivity contribution is -0.149. The van der Waals surface area contributed by atoms with E-state index in [2.05, 4.69) is 5.32 Å². The van der Waals surface area contributed by atoms with Crippen LogP contribution in [0.15, 0.2) is 0 Å². The fourth-order valence-electron chi connectivity index (χ4n) is 2.54. The molecule has 1 fully saturated rings. The van der Waals surface area contributed by atoms with Gasteiger partial charge in [0.05, 0.1) is 5.41 Å². The van der Waals surface area contributed by atoms with Crippen LogP contribution in [-0.2, 0) is 9.59 Å². The predicted molar refractivity (Wildman–Crippen MR) is 78.8 cm³/mol. The Bertz CT molecular complexity index is 398. The Morgan fingerprint density at radius 1 is 1.14 bits per heavy atom. The second-order valence-electron chi connectivity index (χ2n) is 6.48. The Hall–Kier alpha value is -1.59. The van der Waals surface area contributed by atoms with Crippen LogP contribution in [0.3, 0.4) is 0 Å². The van der Waals surface area contributed by atoms with Gasteiger partial charge in [0.1, 0.15) is 0 Å². The van der Waals surface area contributed by atoms with Crippen LogP contribution in [0.25, 0.3) is 0 Å². The summed E-state index contributed by atoms with van der Waals surface area (Å²) in [5.74, 6) is -1.60. The summed E-state index contributed by atoms with van der Waals surface area (Å²) in [6, 6.07) is -0.277. The summed E-state index contributed by atoms with van der Waals surface area (Å²) in [5.41, 5.74) is -1.18. The molecule has 0 spiro atoms. The number of aliphatic carboxylic acids is 1. The third kappa shape index (κ3) is 5.36. The number of amides is 3. The van der Waals surface area contributed by atoms with E-state index in [1.54, 1.807) is 11.9 Å². The molecule has 0 aromatic heterocycles. The maximum absolute atomic E-state index is 12.1. The molecule has 0 heterocycles. The molecule has 1 aliphatic rings. The lowest BCUT2D eigenvalue weighted by Crippen LogP contribution is -2.46. The van der Waals surface area contributed by atoms with E-state index in [9.17, 15) is 14.4 Å². The number of carbonyl (C=O) groups is 3. The van der Waals surface area contributed by atoms with Crippen LogP contribution in [0.2, 0.25) is 0 Å². The zero-order valence-electron chi connectivity index (χ0n) is 13.1. The van der Waals surface area contributed by atoms with Crippen molar-refractivity contribution in [3.8, 4) is 0 Å². The Morgan fingerprint density at radius 2 is 1.67 bits per heavy atom. The topological polar surface area (TPSA) is 86.7 Å². The van der Waals surface area contributed by atoms with Gasteiger partial charge in [-0.25, -0.2) is 4.79 Å². The number of nitrogens with zero attached hydrogens (tertiary/aromatic N) is 1. The average Bonchev–Trinajstić information content (AvgIpc) is 2.65. The third-order valence-electron chi connectivity index (χ3n) is 4.12. The van der Waals surface area contributed by atoms with Crippen LogP contribution < -0.4 is 5.32 Å². The molecule has 0 aliphatic heterocycles. The summed E-state index contributed by atoms with van der Waals surface area (Å²) in [5, 5.41) is 11.3. The first-order valence-corrected chi connectivity index (χ1v) is 7.54. The molecule has 0 aromatic carbocycles. The molecule has 0 aromatic rings. The molecule has 0 radical (unpaired) electrons. The van der Waals surface area contributed by atoms with Crippen LogP contribution in [0, 0.1) is 5.41 Å². The summed E-state index contributed by atoms with van der Waals surface area (Å²) in [6.07, 6.45) is 6.28. The summed E-state index contributed by atoms with van der Waals surface area (Å²) in [4.78, 5) is 36.4. The fraction of sp³-hybridized carbons (Fsp3) is 0.800. The normalized spacial score (nSPS) is 16.9. The molecule has 1 saturated carbocycles. The van der Waals surface area contributed by atoms with Gasteiger partial charge >= 0.3 is 12.0 Å². The number of urea groups is 1. The highest BCUT2D eigenvalue weighted by atomic mass is 16.4. The SMILES string of the molecule is CN(C(=O)NC(=O)CC(C)(C)C(=O)O)C1CCCCCC1. The smallest absolute Gasteiger partial charge is 0.324 e. The van der Waals surface area contributed by atoms with E-state index in [0.29, 0.717) is 0 Å². The Balaban J connectivity index is 2.51. The Labute approximate surface area is 125 Å². The van der Waals surface area contributed by atoms with Crippen molar-refractivity contribution in [2.24, 2.45) is 5.41 Å². The van der Waals surface area contributed by atoms with Crippen molar-refractivity contribution in [3.05, 3.63) is 0 Å². The molecular formula is C15H26N2O4. The monoisotopic (exact) mass is 298 g/mol. The summed E-state index contributed by atoms with van der Waals surface area (Å²) in [6.45, 7) is 2.93. The molecule has 120 valence electrons. The number of rotatable bonds is 4. The maximum Gasteiger partial charge on any atom is 0.324 e. The van der Waals surface area contributed by atoms with E-state index in [-0.39, 0.29) is 12.5 Å². The van der Waals surface area contributed by atoms with Crippen LogP contribution in [-0.4, -0.2) is 41.0 Å². The molecule has 6 nitrogen and oxygen atoms in total. The second-order valence-corrected chi connectivity index (χ2v) is 6.48. The fourth-order valence-corrected chi connectivity index (χ4v) is 2.54. The lowest BCUT2D eigenvalue weighted by atomic mass is 9.89. The number of hydrogen-bond acceptors (Lipinski definition) is 3. The van der Waals surface area contributed by atoms with Crippen molar-refractivity contribution < 1.29 is 19.5 Å². The maximum atomic E-state index is 12.1. The van der Waals surface area contributed by atoms with Crippen LogP contribution in [0.4, 0.5) is 4.79 Å². The number of carboxylic acid groups (broad SMARTS) is 1. The largest absolute Gasteiger partial charge is 0.481 e. The van der Waals surface area contributed by atoms with Gasteiger partial charge in [-0.2, -0.15) is 0 Å². The molecule has 3 amide bonds. The van der Waals surface area contributed by atoms with E-state index < -0.39 is 23.3 Å². The van der Waals surface area contributed by atoms with Crippen molar-refractivity contribution in [3.63, 3.8) is 0 Å². The highest BCUT2D eigenvalue weighted by Gasteiger charge is 2.31. The molecule has 1 rings (SSSR count). The van der Waals surface area contributed by atoms with Gasteiger partial charge in [-0.15, -0.1) is 0 Å². The highest BCUT2D eigenvalue weighted by Crippen LogP contribution is 2.22. The number of nitrogens with one attached hydrogen (secondary N) is 1. The zero-order chi connectivity index (χ0) is 16.0. The molecule has 0 bridgehead atoms. The van der Waals surface area contributed by atoms with Crippen molar-refractivity contribution in [1.82, 2.24) is 10.2 Å². The highest BCUT2D eigenvalue weighted by molar-refractivity contribution is 5.96. The first-order valence-electron chi connectivity index (χ1n) is 7.54. The van der Waals surface area contributed by atoms with E-state index in [4.69, 9.17) is 5.11 Å². The number of imide groups is 1. The Kier molecular flexibility index (Phi) is 6.18. The molecule has 2 N–H and O–H groups in total. The van der Waals surface area contributed by atoms with Gasteiger partial charge in [0.15, 0.2) is 0 Å². The number of hydrogen-bond donors (Lipinski definition) is 2. The molecule has 0 atom stereocenters. The van der Waals surface area contributed by atoms with E-state index in [1.165, 1.54) is 26.7 Å². The standard InChI is InChI=1S/C15H26N2O4/c1-15(2,13(19)20)10-12(18)16-14(21)17(3)11-8-6-4-5-7-9-11/h11H,4-10H2,1-3H3,(H,19,20)(H,16,18,21). The average molecular weight is 298 g/mol. The van der Waals surface area contributed by atoms with E-state index in [1.807, 2.05) is 0 Å². The van der Waals surface area contributed by atoms with Crippen molar-refractivity contribution >= 4 is 17.9 Å². The van der Waals surface area contributed by atoms with Gasteiger partial charge in [-0.1, -0.05) is 25.7 Å². The van der Waals surface area contributed by atoms with E-state index in [0.717, 1.165) is 25.7 Å². The molecule has 0 unspecified atom stereocenters. The van der Waals surface area contributed by atoms with Crippen molar-refractivity contribution in [2.75, 3.05) is 7.05 Å². The summed E-state index contributed by atoms with van der Waals surface area (Å²) in [7, 11) is 1.70. The zero-order valence-corrected chi connectivity index (χ0v) is 13.1. The molecular weight excluding hydrogens is 272 g/mol. The summed E-state index contributed by atoms with van der Waals surface area (Å²) < 4.78 is 0. The van der Waals surface area contributed by atoms with Gasteiger partial charge in [0.25, 0.3) is 0 Å². The van der Waals surface area contributed by atoms with Crippen molar-refractivity contribution in [2.45, 2.75) is 64.8 Å². The van der Waals surface area contributed by atoms with Gasteiger partial charge in [0.2, 0.25) is 5.91 Å². The molecule has 21 heavy (non-hydrogen) atoms. The molecule has 1 aliphatic carbocycles. The van der Waals surface area contributed by atoms with Crippen LogP contribution >= 0.6 is 0 Å². The Morgan fingerprint density at radius 3 is 2.14 bits per heavy atom. The minimum Gasteiger partial charge on any atom is -0.481 e. The lowest BCUT2D eigenvalue weighted by Gasteiger charge is -2.27. The van der Waals surface area contributed by atoms with Crippen molar-refractivity contribution in [1.29, 1.82) is 0 Å². The van der Waals surface area contributed by atoms with E-state index >= 15 is 0 Å². The molecule has 6 heteroatoms. The summed E-state index contributed by atoms with van der Waals surface area (Å²) >= 11 is 0. The second kappa shape index (κ2) is 7.43. The van der Waals surface area contributed by atoms with Crippen LogP contribution in [0.5, 0.6) is 0 Å².